The second-order valence-corrected chi connectivity index (χ2v) is 8.69. The molecule has 0 spiro atoms. The Morgan fingerprint density at radius 2 is 1.76 bits per heavy atom. The number of benzene rings is 3. The largest absolute Gasteiger partial charge is 0.494 e. The van der Waals surface area contributed by atoms with E-state index in [1.165, 1.54) is 5.56 Å². The number of amides is 2. The lowest BCUT2D eigenvalue weighted by Crippen LogP contribution is -2.37. The quantitative estimate of drug-likeness (QED) is 0.378. The van der Waals surface area contributed by atoms with Crippen LogP contribution in [0.15, 0.2) is 85.1 Å². The predicted molar refractivity (Wildman–Crippen MR) is 136 cm³/mol. The summed E-state index contributed by atoms with van der Waals surface area (Å²) < 4.78 is 7.85. The van der Waals surface area contributed by atoms with Gasteiger partial charge < -0.3 is 19.5 Å². The summed E-state index contributed by atoms with van der Waals surface area (Å²) in [4.78, 5) is 15.7. The van der Waals surface area contributed by atoms with E-state index in [2.05, 4.69) is 60.3 Å². The third-order valence-corrected chi connectivity index (χ3v) is 6.49. The van der Waals surface area contributed by atoms with Crippen molar-refractivity contribution in [3.05, 3.63) is 113 Å². The van der Waals surface area contributed by atoms with Crippen LogP contribution in [0.25, 0.3) is 5.69 Å². The number of rotatable bonds is 4. The molecule has 2 amide bonds. The van der Waals surface area contributed by atoms with Gasteiger partial charge in [-0.15, -0.1) is 0 Å². The van der Waals surface area contributed by atoms with Crippen LogP contribution in [0.3, 0.4) is 0 Å². The Balaban J connectivity index is 1.59. The molecule has 0 bridgehead atoms. The second-order valence-electron chi connectivity index (χ2n) is 8.69. The number of urea groups is 1. The lowest BCUT2D eigenvalue weighted by atomic mass is 10.0. The molecule has 5 nitrogen and oxygen atoms in total. The van der Waals surface area contributed by atoms with Crippen molar-refractivity contribution in [1.29, 1.82) is 0 Å². The Morgan fingerprint density at radius 1 is 0.971 bits per heavy atom. The molecule has 1 atom stereocenters. The molecule has 0 fully saturated rings. The van der Waals surface area contributed by atoms with Gasteiger partial charge in [-0.1, -0.05) is 36.4 Å². The Kier molecular flexibility index (Phi) is 5.84. The van der Waals surface area contributed by atoms with Crippen LogP contribution in [0.5, 0.6) is 5.75 Å². The third-order valence-electron chi connectivity index (χ3n) is 6.49. The molecule has 34 heavy (non-hydrogen) atoms. The number of aryl methyl sites for hydroxylation is 2. The highest BCUT2D eigenvalue weighted by Gasteiger charge is 2.33. The molecular formula is C29H29N3O2. The number of fused-ring (bicyclic) bond motifs is 3. The maximum absolute atomic E-state index is 13.8. The molecule has 3 aromatic carbocycles. The van der Waals surface area contributed by atoms with Gasteiger partial charge in [0.25, 0.3) is 0 Å². The number of nitrogens with zero attached hydrogens (tertiary/aromatic N) is 2. The summed E-state index contributed by atoms with van der Waals surface area (Å²) >= 11 is 0. The van der Waals surface area contributed by atoms with Crippen molar-refractivity contribution < 1.29 is 9.53 Å². The van der Waals surface area contributed by atoms with Crippen molar-refractivity contribution in [2.75, 3.05) is 11.9 Å². The second kappa shape index (κ2) is 9.10. The van der Waals surface area contributed by atoms with Crippen LogP contribution in [0.2, 0.25) is 0 Å². The average Bonchev–Trinajstić information content (AvgIpc) is 3.27. The fourth-order valence-corrected chi connectivity index (χ4v) is 4.62. The molecule has 5 rings (SSSR count). The minimum absolute atomic E-state index is 0.133. The van der Waals surface area contributed by atoms with Gasteiger partial charge >= 0.3 is 6.03 Å². The lowest BCUT2D eigenvalue weighted by molar-refractivity contribution is 0.194. The first-order valence-corrected chi connectivity index (χ1v) is 11.7. The Morgan fingerprint density at radius 3 is 2.53 bits per heavy atom. The fourth-order valence-electron chi connectivity index (χ4n) is 4.62. The molecule has 0 aliphatic carbocycles. The average molecular weight is 452 g/mol. The van der Waals surface area contributed by atoms with E-state index in [-0.39, 0.29) is 12.1 Å². The van der Waals surface area contributed by atoms with Crippen molar-refractivity contribution in [3.63, 3.8) is 0 Å². The standard InChI is InChI=1S/C29H29N3O2/c1-4-34-25-15-12-22(13-16-25)28-27-10-7-17-31(27)26-9-6-5-8-23(26)19-32(28)29(33)30-24-14-11-20(2)21(3)18-24/h5-18,28H,4,19H2,1-3H3,(H,30,33). The highest BCUT2D eigenvalue weighted by Crippen LogP contribution is 2.37. The maximum atomic E-state index is 13.8. The van der Waals surface area contributed by atoms with Crippen LogP contribution < -0.4 is 10.1 Å². The van der Waals surface area contributed by atoms with Gasteiger partial charge in [-0.05, 0) is 85.5 Å². The SMILES string of the molecule is CCOc1ccc(C2c3cccn3-c3ccccc3CN2C(=O)Nc2ccc(C)c(C)c2)cc1. The molecular weight excluding hydrogens is 422 g/mol. The van der Waals surface area contributed by atoms with Crippen molar-refractivity contribution in [2.45, 2.75) is 33.4 Å². The summed E-state index contributed by atoms with van der Waals surface area (Å²) in [7, 11) is 0. The molecule has 2 heterocycles. The number of hydrogen-bond donors (Lipinski definition) is 1. The van der Waals surface area contributed by atoms with Gasteiger partial charge in [-0.25, -0.2) is 4.79 Å². The fraction of sp³-hybridized carbons (Fsp3) is 0.207. The molecule has 5 heteroatoms. The van der Waals surface area contributed by atoms with E-state index in [1.807, 2.05) is 60.4 Å². The van der Waals surface area contributed by atoms with Gasteiger partial charge in [-0.3, -0.25) is 0 Å². The molecule has 1 aliphatic rings. The van der Waals surface area contributed by atoms with Gasteiger partial charge in [-0.2, -0.15) is 0 Å². The summed E-state index contributed by atoms with van der Waals surface area (Å²) in [5, 5.41) is 3.15. The van der Waals surface area contributed by atoms with E-state index in [0.29, 0.717) is 13.2 Å². The van der Waals surface area contributed by atoms with E-state index in [9.17, 15) is 4.79 Å². The number of para-hydroxylation sites is 1. The van der Waals surface area contributed by atoms with Gasteiger partial charge in [0.05, 0.1) is 24.9 Å². The Bertz CT molecular complexity index is 1320. The minimum atomic E-state index is -0.260. The van der Waals surface area contributed by atoms with Crippen molar-refractivity contribution in [1.82, 2.24) is 9.47 Å². The number of nitrogens with one attached hydrogen (secondary N) is 1. The van der Waals surface area contributed by atoms with Gasteiger partial charge in [0.15, 0.2) is 0 Å². The minimum Gasteiger partial charge on any atom is -0.494 e. The van der Waals surface area contributed by atoms with Crippen molar-refractivity contribution in [3.8, 4) is 11.4 Å². The lowest BCUT2D eigenvalue weighted by Gasteiger charge is -2.31. The van der Waals surface area contributed by atoms with Gasteiger partial charge in [0, 0.05) is 17.6 Å². The van der Waals surface area contributed by atoms with E-state index in [4.69, 9.17) is 4.74 Å². The van der Waals surface area contributed by atoms with E-state index in [1.54, 1.807) is 0 Å². The molecule has 172 valence electrons. The van der Waals surface area contributed by atoms with Gasteiger partial charge in [0.1, 0.15) is 5.75 Å². The molecule has 0 saturated carbocycles. The monoisotopic (exact) mass is 451 g/mol. The first-order valence-electron chi connectivity index (χ1n) is 11.7. The van der Waals surface area contributed by atoms with Crippen LogP contribution >= 0.6 is 0 Å². The highest BCUT2D eigenvalue weighted by molar-refractivity contribution is 5.90. The third kappa shape index (κ3) is 4.05. The number of carbonyl (C=O) groups is 1. The summed E-state index contributed by atoms with van der Waals surface area (Å²) in [6.07, 6.45) is 2.07. The van der Waals surface area contributed by atoms with E-state index < -0.39 is 0 Å². The van der Waals surface area contributed by atoms with Crippen molar-refractivity contribution >= 4 is 11.7 Å². The summed E-state index contributed by atoms with van der Waals surface area (Å²) in [6.45, 7) is 7.21. The van der Waals surface area contributed by atoms with Gasteiger partial charge in [0.2, 0.25) is 0 Å². The number of anilines is 1. The van der Waals surface area contributed by atoms with Crippen LogP contribution in [-0.4, -0.2) is 22.1 Å². The molecule has 1 unspecified atom stereocenters. The predicted octanol–water partition coefficient (Wildman–Crippen LogP) is 6.63. The summed E-state index contributed by atoms with van der Waals surface area (Å²) in [5.41, 5.74) is 7.42. The Labute approximate surface area is 200 Å². The topological polar surface area (TPSA) is 46.5 Å². The van der Waals surface area contributed by atoms with Crippen molar-refractivity contribution in [2.24, 2.45) is 0 Å². The normalized spacial score (nSPS) is 14.7. The van der Waals surface area contributed by atoms with Crippen LogP contribution in [-0.2, 0) is 6.54 Å². The number of aromatic nitrogens is 1. The zero-order valence-electron chi connectivity index (χ0n) is 19.8. The zero-order chi connectivity index (χ0) is 23.7. The van der Waals surface area contributed by atoms with Crippen LogP contribution in [0.1, 0.15) is 40.9 Å². The molecule has 0 saturated heterocycles. The van der Waals surface area contributed by atoms with E-state index >= 15 is 0 Å². The number of carbonyl (C=O) groups excluding carboxylic acids is 1. The summed E-state index contributed by atoms with van der Waals surface area (Å²) in [6, 6.07) is 26.1. The molecule has 1 aromatic heterocycles. The first kappa shape index (κ1) is 21.8. The Hall–Kier alpha value is -3.99. The zero-order valence-corrected chi connectivity index (χ0v) is 19.8. The van der Waals surface area contributed by atoms with E-state index in [0.717, 1.165) is 39.5 Å². The highest BCUT2D eigenvalue weighted by atomic mass is 16.5. The molecule has 0 radical (unpaired) electrons. The number of ether oxygens (including phenoxy) is 1. The molecule has 1 aliphatic heterocycles. The maximum Gasteiger partial charge on any atom is 0.322 e. The molecule has 4 aromatic rings. The smallest absolute Gasteiger partial charge is 0.322 e. The van der Waals surface area contributed by atoms with Crippen LogP contribution in [0.4, 0.5) is 10.5 Å². The summed E-state index contributed by atoms with van der Waals surface area (Å²) in [5.74, 6) is 0.824. The first-order chi connectivity index (χ1) is 16.5. The molecule has 1 N–H and O–H groups in total. The van der Waals surface area contributed by atoms with Crippen LogP contribution in [0, 0.1) is 13.8 Å². The number of hydrogen-bond acceptors (Lipinski definition) is 2.